The molecule has 1 aliphatic heterocycles. The van der Waals surface area contributed by atoms with Gasteiger partial charge >= 0.3 is 0 Å². The Hall–Kier alpha value is -2.56. The Balaban J connectivity index is 1.55. The molecule has 0 saturated carbocycles. The number of hydrogen-bond donors (Lipinski definition) is 1. The van der Waals surface area contributed by atoms with Crippen molar-refractivity contribution < 1.29 is 14.0 Å². The number of furan rings is 1. The van der Waals surface area contributed by atoms with E-state index in [0.717, 1.165) is 18.4 Å². The Kier molecular flexibility index (Phi) is 4.76. The van der Waals surface area contributed by atoms with Crippen LogP contribution in [0.25, 0.3) is 0 Å². The van der Waals surface area contributed by atoms with Crippen LogP contribution in [0.15, 0.2) is 53.3 Å². The summed E-state index contributed by atoms with van der Waals surface area (Å²) in [4.78, 5) is 26.4. The zero-order valence-corrected chi connectivity index (χ0v) is 12.9. The number of carbonyl (C=O) groups is 2. The summed E-state index contributed by atoms with van der Waals surface area (Å²) < 4.78 is 4.96. The van der Waals surface area contributed by atoms with Crippen LogP contribution >= 0.6 is 0 Å². The molecule has 0 spiro atoms. The minimum absolute atomic E-state index is 0.0125. The number of likely N-dealkylation sites (tertiary alicyclic amines) is 1. The number of nitrogens with one attached hydrogen (secondary N) is 1. The van der Waals surface area contributed by atoms with E-state index in [9.17, 15) is 9.59 Å². The molecule has 23 heavy (non-hydrogen) atoms. The summed E-state index contributed by atoms with van der Waals surface area (Å²) in [6.45, 7) is 1.67. The summed E-state index contributed by atoms with van der Waals surface area (Å²) in [6, 6.07) is 11.5. The van der Waals surface area contributed by atoms with Gasteiger partial charge in [0.1, 0.15) is 6.26 Å². The van der Waals surface area contributed by atoms with Gasteiger partial charge in [-0.15, -0.1) is 0 Å². The molecule has 2 amide bonds. The highest BCUT2D eigenvalue weighted by Gasteiger charge is 2.29. The standard InChI is InChI=1S/C18H20N2O3/c21-17(19-11-14-5-2-1-3-6-14)15-7-4-9-20(12-15)18(22)16-8-10-23-13-16/h1-3,5-6,8,10,13,15H,4,7,9,11-12H2,(H,19,21)/t15-/m1/s1. The third-order valence-electron chi connectivity index (χ3n) is 4.16. The van der Waals surface area contributed by atoms with E-state index in [-0.39, 0.29) is 17.7 Å². The van der Waals surface area contributed by atoms with Crippen molar-refractivity contribution in [1.29, 1.82) is 0 Å². The molecule has 2 aromatic rings. The lowest BCUT2D eigenvalue weighted by atomic mass is 9.96. The molecule has 1 fully saturated rings. The van der Waals surface area contributed by atoms with Gasteiger partial charge in [0.15, 0.2) is 0 Å². The number of rotatable bonds is 4. The van der Waals surface area contributed by atoms with Crippen molar-refractivity contribution in [2.75, 3.05) is 13.1 Å². The van der Waals surface area contributed by atoms with Gasteiger partial charge in [-0.2, -0.15) is 0 Å². The molecule has 1 aliphatic rings. The zero-order valence-electron chi connectivity index (χ0n) is 12.9. The van der Waals surface area contributed by atoms with Gasteiger partial charge in [0.05, 0.1) is 17.7 Å². The first-order valence-corrected chi connectivity index (χ1v) is 7.87. The molecule has 3 rings (SSSR count). The Morgan fingerprint density at radius 3 is 2.78 bits per heavy atom. The molecule has 0 unspecified atom stereocenters. The normalized spacial score (nSPS) is 17.7. The minimum Gasteiger partial charge on any atom is -0.472 e. The minimum atomic E-state index is -0.150. The van der Waals surface area contributed by atoms with Crippen LogP contribution in [0.4, 0.5) is 0 Å². The van der Waals surface area contributed by atoms with E-state index in [4.69, 9.17) is 4.42 Å². The number of amides is 2. The first-order valence-electron chi connectivity index (χ1n) is 7.87. The molecule has 1 saturated heterocycles. The van der Waals surface area contributed by atoms with Crippen LogP contribution in [0.1, 0.15) is 28.8 Å². The zero-order chi connectivity index (χ0) is 16.1. The number of piperidine rings is 1. The number of nitrogens with zero attached hydrogens (tertiary/aromatic N) is 1. The molecule has 1 atom stereocenters. The summed E-state index contributed by atoms with van der Waals surface area (Å²) in [5.74, 6) is -0.207. The highest BCUT2D eigenvalue weighted by Crippen LogP contribution is 2.19. The predicted molar refractivity (Wildman–Crippen MR) is 85.6 cm³/mol. The summed E-state index contributed by atoms with van der Waals surface area (Å²) in [5.41, 5.74) is 1.61. The van der Waals surface area contributed by atoms with Gasteiger partial charge in [0.2, 0.25) is 5.91 Å². The lowest BCUT2D eigenvalue weighted by Crippen LogP contribution is -2.45. The average Bonchev–Trinajstić information content (AvgIpc) is 3.14. The topological polar surface area (TPSA) is 62.6 Å². The number of benzene rings is 1. The molecular weight excluding hydrogens is 292 g/mol. The molecule has 0 aliphatic carbocycles. The lowest BCUT2D eigenvalue weighted by molar-refractivity contribution is -0.126. The van der Waals surface area contributed by atoms with E-state index in [1.807, 2.05) is 30.3 Å². The van der Waals surface area contributed by atoms with Crippen molar-refractivity contribution in [3.63, 3.8) is 0 Å². The van der Waals surface area contributed by atoms with Crippen molar-refractivity contribution in [1.82, 2.24) is 10.2 Å². The van der Waals surface area contributed by atoms with Crippen molar-refractivity contribution in [2.45, 2.75) is 19.4 Å². The molecule has 120 valence electrons. The van der Waals surface area contributed by atoms with E-state index >= 15 is 0 Å². The van der Waals surface area contributed by atoms with Crippen molar-refractivity contribution in [3.05, 3.63) is 60.1 Å². The van der Waals surface area contributed by atoms with Gasteiger partial charge in [-0.3, -0.25) is 9.59 Å². The summed E-state index contributed by atoms with van der Waals surface area (Å²) in [7, 11) is 0. The van der Waals surface area contributed by atoms with Crippen molar-refractivity contribution in [2.24, 2.45) is 5.92 Å². The lowest BCUT2D eigenvalue weighted by Gasteiger charge is -2.31. The van der Waals surface area contributed by atoms with E-state index in [1.54, 1.807) is 11.0 Å². The van der Waals surface area contributed by atoms with Gasteiger partial charge < -0.3 is 14.6 Å². The van der Waals surface area contributed by atoms with E-state index in [0.29, 0.717) is 25.2 Å². The SMILES string of the molecule is O=C(NCc1ccccc1)[C@@H]1CCCN(C(=O)c2ccoc2)C1. The van der Waals surface area contributed by atoms with Crippen LogP contribution in [0.3, 0.4) is 0 Å². The third-order valence-corrected chi connectivity index (χ3v) is 4.16. The summed E-state index contributed by atoms with van der Waals surface area (Å²) in [6.07, 6.45) is 4.59. The van der Waals surface area contributed by atoms with Crippen LogP contribution in [0, 0.1) is 5.92 Å². The van der Waals surface area contributed by atoms with Gasteiger partial charge in [-0.05, 0) is 24.5 Å². The maximum Gasteiger partial charge on any atom is 0.257 e. The van der Waals surface area contributed by atoms with Crippen LogP contribution < -0.4 is 5.32 Å². The Morgan fingerprint density at radius 1 is 1.22 bits per heavy atom. The Labute approximate surface area is 135 Å². The van der Waals surface area contributed by atoms with E-state index in [2.05, 4.69) is 5.32 Å². The molecule has 0 radical (unpaired) electrons. The maximum absolute atomic E-state index is 12.4. The van der Waals surface area contributed by atoms with Crippen LogP contribution in [-0.2, 0) is 11.3 Å². The molecule has 0 bridgehead atoms. The third kappa shape index (κ3) is 3.80. The van der Waals surface area contributed by atoms with Gasteiger partial charge in [-0.1, -0.05) is 30.3 Å². The van der Waals surface area contributed by atoms with Gasteiger partial charge in [-0.25, -0.2) is 0 Å². The Bertz CT molecular complexity index is 652. The monoisotopic (exact) mass is 312 g/mol. The fourth-order valence-corrected chi connectivity index (χ4v) is 2.87. The fraction of sp³-hybridized carbons (Fsp3) is 0.333. The second-order valence-electron chi connectivity index (χ2n) is 5.81. The highest BCUT2D eigenvalue weighted by molar-refractivity contribution is 5.94. The number of hydrogen-bond acceptors (Lipinski definition) is 3. The highest BCUT2D eigenvalue weighted by atomic mass is 16.3. The molecule has 1 N–H and O–H groups in total. The average molecular weight is 312 g/mol. The largest absolute Gasteiger partial charge is 0.472 e. The van der Waals surface area contributed by atoms with Crippen LogP contribution in [0.2, 0.25) is 0 Å². The fourth-order valence-electron chi connectivity index (χ4n) is 2.87. The summed E-state index contributed by atoms with van der Waals surface area (Å²) >= 11 is 0. The van der Waals surface area contributed by atoms with Crippen LogP contribution in [0.5, 0.6) is 0 Å². The maximum atomic E-state index is 12.4. The van der Waals surface area contributed by atoms with Gasteiger partial charge in [0, 0.05) is 19.6 Å². The summed E-state index contributed by atoms with van der Waals surface area (Å²) in [5, 5.41) is 2.97. The molecule has 1 aromatic heterocycles. The first kappa shape index (κ1) is 15.3. The van der Waals surface area contributed by atoms with Gasteiger partial charge in [0.25, 0.3) is 5.91 Å². The van der Waals surface area contributed by atoms with Crippen molar-refractivity contribution in [3.8, 4) is 0 Å². The number of carbonyl (C=O) groups excluding carboxylic acids is 2. The predicted octanol–water partition coefficient (Wildman–Crippen LogP) is 2.45. The van der Waals surface area contributed by atoms with Crippen molar-refractivity contribution >= 4 is 11.8 Å². The molecular formula is C18H20N2O3. The molecule has 5 heteroatoms. The molecule has 2 heterocycles. The first-order chi connectivity index (χ1) is 11.2. The second-order valence-corrected chi connectivity index (χ2v) is 5.81. The quantitative estimate of drug-likeness (QED) is 0.943. The van der Waals surface area contributed by atoms with E-state index < -0.39 is 0 Å². The van der Waals surface area contributed by atoms with Crippen LogP contribution in [-0.4, -0.2) is 29.8 Å². The Morgan fingerprint density at radius 2 is 2.04 bits per heavy atom. The van der Waals surface area contributed by atoms with E-state index in [1.165, 1.54) is 12.5 Å². The molecule has 1 aromatic carbocycles. The molecule has 5 nitrogen and oxygen atoms in total. The smallest absolute Gasteiger partial charge is 0.257 e. The second kappa shape index (κ2) is 7.13.